The first-order chi connectivity index (χ1) is 5.77. The molecule has 0 aromatic heterocycles. The summed E-state index contributed by atoms with van der Waals surface area (Å²) >= 11 is 0. The van der Waals surface area contributed by atoms with Crippen LogP contribution >= 0.6 is 0 Å². The highest BCUT2D eigenvalue weighted by Crippen LogP contribution is 2.06. The van der Waals surface area contributed by atoms with Crippen molar-refractivity contribution in [2.75, 3.05) is 0 Å². The molecular weight excluding hydrogens is 150 g/mol. The van der Waals surface area contributed by atoms with Gasteiger partial charge in [-0.25, -0.2) is 0 Å². The van der Waals surface area contributed by atoms with Crippen molar-refractivity contribution in [3.05, 3.63) is 0 Å². The van der Waals surface area contributed by atoms with Gasteiger partial charge in [0.2, 0.25) is 0 Å². The van der Waals surface area contributed by atoms with E-state index in [1.165, 1.54) is 32.1 Å². The molecule has 0 spiro atoms. The summed E-state index contributed by atoms with van der Waals surface area (Å²) in [6.45, 7) is 2.21. The van der Waals surface area contributed by atoms with Gasteiger partial charge in [0.15, 0.2) is 7.17 Å². The normalized spacial score (nSPS) is 9.92. The van der Waals surface area contributed by atoms with Gasteiger partial charge in [0.25, 0.3) is 0 Å². The molecule has 0 radical (unpaired) electrons. The maximum absolute atomic E-state index is 8.55. The van der Waals surface area contributed by atoms with Crippen LogP contribution in [0.1, 0.15) is 45.4 Å². The summed E-state index contributed by atoms with van der Waals surface area (Å²) in [5, 5.41) is 17.1. The molecule has 70 valence electrons. The first-order valence-corrected chi connectivity index (χ1v) is 5.13. The Balaban J connectivity index is 2.82. The molecule has 4 heteroatoms. The molecule has 0 aliphatic heterocycles. The van der Waals surface area contributed by atoms with E-state index >= 15 is 0 Å². The van der Waals surface area contributed by atoms with Gasteiger partial charge in [-0.05, 0) is 0 Å². The molecule has 0 bridgehead atoms. The van der Waals surface area contributed by atoms with Gasteiger partial charge < -0.3 is 10.0 Å². The van der Waals surface area contributed by atoms with E-state index in [2.05, 4.69) is 6.92 Å². The summed E-state index contributed by atoms with van der Waals surface area (Å²) < 4.78 is 0. The molecule has 0 amide bonds. The molecule has 0 aliphatic rings. The van der Waals surface area contributed by atoms with Gasteiger partial charge in [0.05, 0.1) is 0 Å². The van der Waals surface area contributed by atoms with E-state index in [1.807, 2.05) is 0 Å². The molecule has 0 fully saturated rings. The summed E-state index contributed by atoms with van der Waals surface area (Å²) in [6.07, 6.45) is 8.59. The lowest BCUT2D eigenvalue weighted by Gasteiger charge is -1.99. The van der Waals surface area contributed by atoms with E-state index in [0.29, 0.717) is 7.17 Å². The second kappa shape index (κ2) is 9.14. The molecule has 2 nitrogen and oxygen atoms in total. The van der Waals surface area contributed by atoms with Crippen molar-refractivity contribution in [1.82, 2.24) is 0 Å². The zero-order valence-electron chi connectivity index (χ0n) is 8.13. The summed E-state index contributed by atoms with van der Waals surface area (Å²) in [6, 6.07) is 0. The van der Waals surface area contributed by atoms with Crippen LogP contribution in [-0.2, 0) is 0 Å². The molecule has 0 saturated heterocycles. The van der Waals surface area contributed by atoms with Gasteiger partial charge in [-0.15, -0.1) is 0 Å². The predicted molar refractivity (Wildman–Crippen MR) is 55.5 cm³/mol. The van der Waals surface area contributed by atoms with Crippen LogP contribution in [0.4, 0.5) is 0 Å². The lowest BCUT2D eigenvalue weighted by molar-refractivity contribution is 0.433. The average Bonchev–Trinajstić information content (AvgIpc) is 2.02. The highest BCUT2D eigenvalue weighted by molar-refractivity contribution is 7.04. The van der Waals surface area contributed by atoms with E-state index in [0.717, 1.165) is 12.7 Å². The standard InChI is InChI=1S/C8H20B2O2/c1-2-3-4-5-6-7-8-9-10(11)12/h9,11-12H,2-8H2,1H3. The minimum absolute atomic E-state index is 0.535. The third-order valence-electron chi connectivity index (χ3n) is 2.07. The van der Waals surface area contributed by atoms with Gasteiger partial charge in [0.1, 0.15) is 0 Å². The topological polar surface area (TPSA) is 40.5 Å². The van der Waals surface area contributed by atoms with Crippen LogP contribution in [-0.4, -0.2) is 24.2 Å². The number of rotatable bonds is 8. The Morgan fingerprint density at radius 1 is 1.00 bits per heavy atom. The molecule has 0 aromatic carbocycles. The molecular formula is C8H20B2O2. The predicted octanol–water partition coefficient (Wildman–Crippen LogP) is 1.17. The monoisotopic (exact) mass is 170 g/mol. The molecule has 0 heterocycles. The summed E-state index contributed by atoms with van der Waals surface area (Å²) in [4.78, 5) is 0. The number of unbranched alkanes of at least 4 members (excludes halogenated alkanes) is 5. The molecule has 0 saturated carbocycles. The molecule has 0 rings (SSSR count). The SMILES string of the molecule is CCCCCCCCBB(O)O. The van der Waals surface area contributed by atoms with Gasteiger partial charge >= 0.3 is 7.01 Å². The molecule has 0 aliphatic carbocycles. The lowest BCUT2D eigenvalue weighted by atomic mass is 9.42. The van der Waals surface area contributed by atoms with Crippen molar-refractivity contribution in [3.8, 4) is 0 Å². The van der Waals surface area contributed by atoms with Crippen LogP contribution in [0.5, 0.6) is 0 Å². The lowest BCUT2D eigenvalue weighted by Crippen LogP contribution is -2.20. The largest absolute Gasteiger partial charge is 0.434 e. The van der Waals surface area contributed by atoms with Crippen molar-refractivity contribution in [3.63, 3.8) is 0 Å². The van der Waals surface area contributed by atoms with Gasteiger partial charge in [0, 0.05) is 0 Å². The van der Waals surface area contributed by atoms with Crippen molar-refractivity contribution >= 4 is 14.2 Å². The Hall–Kier alpha value is 0.0499. The second-order valence-electron chi connectivity index (χ2n) is 3.39. The third kappa shape index (κ3) is 10.0. The second-order valence-corrected chi connectivity index (χ2v) is 3.39. The van der Waals surface area contributed by atoms with Crippen LogP contribution in [0.15, 0.2) is 0 Å². The van der Waals surface area contributed by atoms with E-state index in [1.54, 1.807) is 0 Å². The van der Waals surface area contributed by atoms with Crippen molar-refractivity contribution < 1.29 is 10.0 Å². The highest BCUT2D eigenvalue weighted by atomic mass is 16.4. The smallest absolute Gasteiger partial charge is 0.396 e. The summed E-state index contributed by atoms with van der Waals surface area (Å²) in [5.41, 5.74) is 0. The first-order valence-electron chi connectivity index (χ1n) is 5.13. The zero-order chi connectivity index (χ0) is 9.23. The van der Waals surface area contributed by atoms with E-state index in [4.69, 9.17) is 10.0 Å². The van der Waals surface area contributed by atoms with Crippen LogP contribution in [0, 0.1) is 0 Å². The molecule has 0 atom stereocenters. The zero-order valence-corrected chi connectivity index (χ0v) is 8.13. The highest BCUT2D eigenvalue weighted by Gasteiger charge is 2.06. The van der Waals surface area contributed by atoms with Crippen molar-refractivity contribution in [2.45, 2.75) is 51.8 Å². The fourth-order valence-electron chi connectivity index (χ4n) is 1.28. The van der Waals surface area contributed by atoms with E-state index in [-0.39, 0.29) is 0 Å². The number of hydrogen-bond donors (Lipinski definition) is 2. The van der Waals surface area contributed by atoms with Crippen LogP contribution in [0.3, 0.4) is 0 Å². The Morgan fingerprint density at radius 3 is 2.17 bits per heavy atom. The average molecular weight is 170 g/mol. The Kier molecular flexibility index (Phi) is 9.18. The maximum atomic E-state index is 8.55. The Labute approximate surface area is 76.7 Å². The van der Waals surface area contributed by atoms with Gasteiger partial charge in [-0.2, -0.15) is 0 Å². The minimum atomic E-state index is -1.10. The van der Waals surface area contributed by atoms with Crippen LogP contribution < -0.4 is 0 Å². The Morgan fingerprint density at radius 2 is 1.58 bits per heavy atom. The fraction of sp³-hybridized carbons (Fsp3) is 1.00. The quantitative estimate of drug-likeness (QED) is 0.423. The minimum Gasteiger partial charge on any atom is -0.434 e. The molecule has 0 aromatic rings. The van der Waals surface area contributed by atoms with Crippen molar-refractivity contribution in [1.29, 1.82) is 0 Å². The molecule has 0 unspecified atom stereocenters. The fourth-order valence-corrected chi connectivity index (χ4v) is 1.28. The Bertz CT molecular complexity index is 89.1. The van der Waals surface area contributed by atoms with Gasteiger partial charge in [-0.3, -0.25) is 0 Å². The molecule has 2 N–H and O–H groups in total. The van der Waals surface area contributed by atoms with E-state index in [9.17, 15) is 0 Å². The summed E-state index contributed by atoms with van der Waals surface area (Å²) in [5.74, 6) is 0. The summed E-state index contributed by atoms with van der Waals surface area (Å²) in [7, 11) is -0.561. The van der Waals surface area contributed by atoms with Gasteiger partial charge in [-0.1, -0.05) is 51.8 Å². The van der Waals surface area contributed by atoms with Crippen LogP contribution in [0.2, 0.25) is 6.32 Å². The van der Waals surface area contributed by atoms with Crippen molar-refractivity contribution in [2.24, 2.45) is 0 Å². The molecule has 12 heavy (non-hydrogen) atoms. The maximum Gasteiger partial charge on any atom is 0.396 e. The number of hydrogen-bond acceptors (Lipinski definition) is 2. The first kappa shape index (κ1) is 12.0. The van der Waals surface area contributed by atoms with Crippen LogP contribution in [0.25, 0.3) is 0 Å². The van der Waals surface area contributed by atoms with E-state index < -0.39 is 7.01 Å². The third-order valence-corrected chi connectivity index (χ3v) is 2.07.